The average molecular weight is 426 g/mol. The van der Waals surface area contributed by atoms with Crippen LogP contribution in [0.3, 0.4) is 0 Å². The number of anilines is 1. The van der Waals surface area contributed by atoms with E-state index < -0.39 is 15.0 Å². The SMILES string of the molecule is Cc1nn(-c2ccccc2)c(N)c1/N=N/c1cc(Cl)c(S(=O)(=O)O)cc1Cl. The van der Waals surface area contributed by atoms with Gasteiger partial charge in [0, 0.05) is 0 Å². The van der Waals surface area contributed by atoms with Gasteiger partial charge in [-0.3, -0.25) is 4.55 Å². The van der Waals surface area contributed by atoms with E-state index in [0.717, 1.165) is 11.8 Å². The van der Waals surface area contributed by atoms with Crippen molar-refractivity contribution >= 4 is 50.5 Å². The van der Waals surface area contributed by atoms with Crippen molar-refractivity contribution in [3.8, 4) is 5.69 Å². The Morgan fingerprint density at radius 2 is 1.78 bits per heavy atom. The maximum atomic E-state index is 11.3. The lowest BCUT2D eigenvalue weighted by Crippen LogP contribution is -2.01. The number of aromatic nitrogens is 2. The molecule has 3 aromatic rings. The predicted octanol–water partition coefficient (Wildman–Crippen LogP) is 4.73. The number of nitrogens with zero attached hydrogens (tertiary/aromatic N) is 4. The smallest absolute Gasteiger partial charge is 0.296 e. The molecular formula is C16H13Cl2N5O3S. The lowest BCUT2D eigenvalue weighted by molar-refractivity contribution is 0.483. The molecular weight excluding hydrogens is 413 g/mol. The Labute approximate surface area is 165 Å². The zero-order chi connectivity index (χ0) is 19.8. The van der Waals surface area contributed by atoms with Crippen molar-refractivity contribution in [2.75, 3.05) is 5.73 Å². The molecule has 140 valence electrons. The van der Waals surface area contributed by atoms with Gasteiger partial charge in [-0.05, 0) is 31.2 Å². The number of hydrogen-bond acceptors (Lipinski definition) is 6. The molecule has 1 heterocycles. The molecule has 3 rings (SSSR count). The van der Waals surface area contributed by atoms with Crippen LogP contribution >= 0.6 is 23.2 Å². The van der Waals surface area contributed by atoms with E-state index >= 15 is 0 Å². The Kier molecular flexibility index (Phi) is 5.20. The molecule has 27 heavy (non-hydrogen) atoms. The van der Waals surface area contributed by atoms with Gasteiger partial charge in [-0.25, -0.2) is 4.68 Å². The molecule has 0 aliphatic heterocycles. The van der Waals surface area contributed by atoms with E-state index in [-0.39, 0.29) is 21.6 Å². The largest absolute Gasteiger partial charge is 0.382 e. The van der Waals surface area contributed by atoms with Gasteiger partial charge in [0.2, 0.25) is 0 Å². The highest BCUT2D eigenvalue weighted by molar-refractivity contribution is 7.86. The minimum Gasteiger partial charge on any atom is -0.382 e. The number of benzene rings is 2. The number of azo groups is 1. The monoisotopic (exact) mass is 425 g/mol. The molecule has 0 aliphatic carbocycles. The average Bonchev–Trinajstić information content (AvgIpc) is 2.89. The summed E-state index contributed by atoms with van der Waals surface area (Å²) in [5, 5.41) is 12.1. The molecule has 0 aliphatic rings. The van der Waals surface area contributed by atoms with Crippen LogP contribution in [0, 0.1) is 6.92 Å². The van der Waals surface area contributed by atoms with Gasteiger partial charge in [0.25, 0.3) is 10.1 Å². The fraction of sp³-hybridized carbons (Fsp3) is 0.0625. The van der Waals surface area contributed by atoms with Crippen molar-refractivity contribution in [2.24, 2.45) is 10.2 Å². The molecule has 3 N–H and O–H groups in total. The molecule has 1 aromatic heterocycles. The summed E-state index contributed by atoms with van der Waals surface area (Å²) in [6.07, 6.45) is 0. The molecule has 0 saturated carbocycles. The zero-order valence-electron chi connectivity index (χ0n) is 13.8. The number of halogens is 2. The number of nitrogen functional groups attached to an aromatic ring is 1. The van der Waals surface area contributed by atoms with Crippen molar-refractivity contribution in [2.45, 2.75) is 11.8 Å². The Hall–Kier alpha value is -2.46. The van der Waals surface area contributed by atoms with E-state index in [1.54, 1.807) is 6.92 Å². The second-order valence-electron chi connectivity index (χ2n) is 5.48. The van der Waals surface area contributed by atoms with Crippen LogP contribution in [0.15, 0.2) is 57.6 Å². The van der Waals surface area contributed by atoms with Gasteiger partial charge in [-0.2, -0.15) is 13.5 Å². The molecule has 11 heteroatoms. The Balaban J connectivity index is 2.01. The molecule has 0 unspecified atom stereocenters. The Morgan fingerprint density at radius 1 is 1.11 bits per heavy atom. The third kappa shape index (κ3) is 3.96. The predicted molar refractivity (Wildman–Crippen MR) is 103 cm³/mol. The minimum absolute atomic E-state index is 0.0533. The standard InChI is InChI=1S/C16H13Cl2N5O3S/c1-9-15(16(19)23(22-9)10-5-3-2-4-6-10)21-20-13-7-12(18)14(8-11(13)17)27(24,25)26/h2-8H,19H2,1H3,(H,24,25,26)/b21-20+. The van der Waals surface area contributed by atoms with Crippen LogP contribution in [-0.2, 0) is 10.1 Å². The lowest BCUT2D eigenvalue weighted by atomic mass is 10.3. The van der Waals surface area contributed by atoms with Crippen LogP contribution < -0.4 is 5.73 Å². The summed E-state index contributed by atoms with van der Waals surface area (Å²) in [4.78, 5) is -0.513. The summed E-state index contributed by atoms with van der Waals surface area (Å²) in [5.74, 6) is 0.277. The second-order valence-corrected chi connectivity index (χ2v) is 7.68. The van der Waals surface area contributed by atoms with E-state index in [0.29, 0.717) is 11.4 Å². The summed E-state index contributed by atoms with van der Waals surface area (Å²) in [6, 6.07) is 11.4. The van der Waals surface area contributed by atoms with Gasteiger partial charge < -0.3 is 5.73 Å². The summed E-state index contributed by atoms with van der Waals surface area (Å²) >= 11 is 11.9. The zero-order valence-corrected chi connectivity index (χ0v) is 16.2. The van der Waals surface area contributed by atoms with E-state index in [1.807, 2.05) is 30.3 Å². The summed E-state index contributed by atoms with van der Waals surface area (Å²) in [6.45, 7) is 1.72. The Morgan fingerprint density at radius 3 is 2.41 bits per heavy atom. The molecule has 2 aromatic carbocycles. The maximum absolute atomic E-state index is 11.3. The van der Waals surface area contributed by atoms with Gasteiger partial charge in [0.05, 0.1) is 21.4 Å². The first-order valence-corrected chi connectivity index (χ1v) is 9.67. The normalized spacial score (nSPS) is 12.0. The summed E-state index contributed by atoms with van der Waals surface area (Å²) < 4.78 is 33.2. The first-order chi connectivity index (χ1) is 12.7. The molecule has 0 amide bonds. The van der Waals surface area contributed by atoms with Crippen LogP contribution in [0.4, 0.5) is 17.2 Å². The summed E-state index contributed by atoms with van der Waals surface area (Å²) in [5.41, 5.74) is 7.88. The van der Waals surface area contributed by atoms with Crippen LogP contribution in [0.1, 0.15) is 5.69 Å². The highest BCUT2D eigenvalue weighted by Crippen LogP contribution is 2.36. The van der Waals surface area contributed by atoms with E-state index in [1.165, 1.54) is 10.7 Å². The number of hydrogen-bond donors (Lipinski definition) is 2. The van der Waals surface area contributed by atoms with Crippen molar-refractivity contribution < 1.29 is 13.0 Å². The number of nitrogens with two attached hydrogens (primary N) is 1. The topological polar surface area (TPSA) is 123 Å². The summed E-state index contributed by atoms with van der Waals surface area (Å²) in [7, 11) is -4.50. The van der Waals surface area contributed by atoms with Gasteiger partial charge >= 0.3 is 0 Å². The van der Waals surface area contributed by atoms with E-state index in [9.17, 15) is 8.42 Å². The van der Waals surface area contributed by atoms with Gasteiger partial charge in [0.15, 0.2) is 11.5 Å². The van der Waals surface area contributed by atoms with Crippen LogP contribution in [-0.4, -0.2) is 22.8 Å². The van der Waals surface area contributed by atoms with Gasteiger partial charge in [-0.15, -0.1) is 10.2 Å². The van der Waals surface area contributed by atoms with Gasteiger partial charge in [-0.1, -0.05) is 41.4 Å². The van der Waals surface area contributed by atoms with Gasteiger partial charge in [0.1, 0.15) is 10.6 Å². The number of aryl methyl sites for hydroxylation is 1. The molecule has 0 radical (unpaired) electrons. The molecule has 0 fully saturated rings. The highest BCUT2D eigenvalue weighted by atomic mass is 35.5. The third-order valence-corrected chi connectivity index (χ3v) is 5.22. The molecule has 0 atom stereocenters. The van der Waals surface area contributed by atoms with Crippen molar-refractivity contribution in [3.05, 3.63) is 58.2 Å². The minimum atomic E-state index is -4.50. The highest BCUT2D eigenvalue weighted by Gasteiger charge is 2.18. The third-order valence-electron chi connectivity index (χ3n) is 3.60. The van der Waals surface area contributed by atoms with Crippen molar-refractivity contribution in [1.82, 2.24) is 9.78 Å². The Bertz CT molecular complexity index is 1140. The first kappa shape index (κ1) is 19.3. The molecule has 0 bridgehead atoms. The number of rotatable bonds is 4. The van der Waals surface area contributed by atoms with E-state index in [2.05, 4.69) is 15.3 Å². The molecule has 8 nitrogen and oxygen atoms in total. The van der Waals surface area contributed by atoms with E-state index in [4.69, 9.17) is 33.5 Å². The van der Waals surface area contributed by atoms with Crippen molar-refractivity contribution in [3.63, 3.8) is 0 Å². The second kappa shape index (κ2) is 7.28. The molecule has 0 spiro atoms. The first-order valence-electron chi connectivity index (χ1n) is 7.47. The number of para-hydroxylation sites is 1. The van der Waals surface area contributed by atoms with Crippen LogP contribution in [0.5, 0.6) is 0 Å². The fourth-order valence-electron chi connectivity index (χ4n) is 2.32. The van der Waals surface area contributed by atoms with Crippen LogP contribution in [0.25, 0.3) is 5.69 Å². The maximum Gasteiger partial charge on any atom is 0.296 e. The van der Waals surface area contributed by atoms with Crippen molar-refractivity contribution in [1.29, 1.82) is 0 Å². The van der Waals surface area contributed by atoms with Crippen LogP contribution in [0.2, 0.25) is 10.0 Å². The lowest BCUT2D eigenvalue weighted by Gasteiger charge is -2.04. The fourth-order valence-corrected chi connectivity index (χ4v) is 3.61. The quantitative estimate of drug-likeness (QED) is 0.461. The molecule has 0 saturated heterocycles.